The highest BCUT2D eigenvalue weighted by molar-refractivity contribution is 5.83. The predicted octanol–water partition coefficient (Wildman–Crippen LogP) is 2.06. The molecular formula is C13H26N2O. The van der Waals surface area contributed by atoms with Gasteiger partial charge in [0.05, 0.1) is 5.41 Å². The van der Waals surface area contributed by atoms with Gasteiger partial charge in [0, 0.05) is 12.6 Å². The van der Waals surface area contributed by atoms with E-state index in [1.54, 1.807) is 0 Å². The van der Waals surface area contributed by atoms with Gasteiger partial charge in [0.1, 0.15) is 0 Å². The van der Waals surface area contributed by atoms with Crippen molar-refractivity contribution in [2.75, 3.05) is 6.54 Å². The molecule has 1 aliphatic rings. The van der Waals surface area contributed by atoms with Crippen LogP contribution in [0.1, 0.15) is 52.9 Å². The molecule has 0 spiro atoms. The molecule has 1 saturated carbocycles. The Hall–Kier alpha value is -0.570. The van der Waals surface area contributed by atoms with Crippen LogP contribution in [0.2, 0.25) is 0 Å². The van der Waals surface area contributed by atoms with E-state index in [0.29, 0.717) is 6.54 Å². The zero-order chi connectivity index (χ0) is 12.2. The highest BCUT2D eigenvalue weighted by Gasteiger charge is 2.39. The Morgan fingerprint density at radius 2 is 2.06 bits per heavy atom. The van der Waals surface area contributed by atoms with E-state index in [9.17, 15) is 4.79 Å². The van der Waals surface area contributed by atoms with Crippen LogP contribution in [0.15, 0.2) is 0 Å². The Balaban J connectivity index is 2.62. The minimum atomic E-state index is -0.282. The number of rotatable bonds is 4. The van der Waals surface area contributed by atoms with Crippen molar-refractivity contribution in [2.45, 2.75) is 58.9 Å². The second-order valence-electron chi connectivity index (χ2n) is 5.45. The fraction of sp³-hybridized carbons (Fsp3) is 0.923. The summed E-state index contributed by atoms with van der Waals surface area (Å²) < 4.78 is 0. The molecule has 1 unspecified atom stereocenters. The van der Waals surface area contributed by atoms with Gasteiger partial charge in [-0.3, -0.25) is 4.79 Å². The summed E-state index contributed by atoms with van der Waals surface area (Å²) in [6, 6.07) is 0.260. The maximum Gasteiger partial charge on any atom is 0.227 e. The summed E-state index contributed by atoms with van der Waals surface area (Å²) in [7, 11) is 0. The Morgan fingerprint density at radius 3 is 2.50 bits per heavy atom. The summed E-state index contributed by atoms with van der Waals surface area (Å²) in [4.78, 5) is 12.2. The highest BCUT2D eigenvalue weighted by atomic mass is 16.2. The van der Waals surface area contributed by atoms with E-state index in [4.69, 9.17) is 5.73 Å². The molecule has 1 atom stereocenters. The third-order valence-electron chi connectivity index (χ3n) is 4.09. The summed E-state index contributed by atoms with van der Waals surface area (Å²) in [6.45, 7) is 6.88. The summed E-state index contributed by atoms with van der Waals surface area (Å²) in [6.07, 6.45) is 5.14. The van der Waals surface area contributed by atoms with Crippen LogP contribution in [0.3, 0.4) is 0 Å². The van der Waals surface area contributed by atoms with Crippen LogP contribution in [-0.4, -0.2) is 18.5 Å². The smallest absolute Gasteiger partial charge is 0.227 e. The van der Waals surface area contributed by atoms with Gasteiger partial charge in [-0.15, -0.1) is 0 Å². The minimum Gasteiger partial charge on any atom is -0.353 e. The van der Waals surface area contributed by atoms with Gasteiger partial charge in [0.15, 0.2) is 0 Å². The lowest BCUT2D eigenvalue weighted by Crippen LogP contribution is -2.50. The number of hydrogen-bond acceptors (Lipinski definition) is 2. The van der Waals surface area contributed by atoms with E-state index in [2.05, 4.69) is 19.2 Å². The lowest BCUT2D eigenvalue weighted by Gasteiger charge is -2.37. The first-order valence-electron chi connectivity index (χ1n) is 6.55. The van der Waals surface area contributed by atoms with Crippen molar-refractivity contribution in [3.8, 4) is 0 Å². The number of carbonyl (C=O) groups excluding carboxylic acids is 1. The lowest BCUT2D eigenvalue weighted by molar-refractivity contribution is -0.133. The molecule has 0 aliphatic heterocycles. The zero-order valence-corrected chi connectivity index (χ0v) is 10.9. The summed E-state index contributed by atoms with van der Waals surface area (Å²) in [5.41, 5.74) is 5.56. The van der Waals surface area contributed by atoms with E-state index < -0.39 is 0 Å². The normalized spacial score (nSPS) is 32.1. The monoisotopic (exact) mass is 226 g/mol. The molecule has 1 rings (SSSR count). The van der Waals surface area contributed by atoms with E-state index in [-0.39, 0.29) is 17.4 Å². The molecule has 0 aromatic rings. The second kappa shape index (κ2) is 5.67. The van der Waals surface area contributed by atoms with Crippen molar-refractivity contribution >= 4 is 5.91 Å². The molecule has 0 heterocycles. The molecule has 0 saturated heterocycles. The fourth-order valence-electron chi connectivity index (χ4n) is 2.32. The van der Waals surface area contributed by atoms with E-state index in [1.165, 1.54) is 0 Å². The molecule has 16 heavy (non-hydrogen) atoms. The van der Waals surface area contributed by atoms with Crippen LogP contribution in [0.5, 0.6) is 0 Å². The van der Waals surface area contributed by atoms with Crippen LogP contribution >= 0.6 is 0 Å². The average Bonchev–Trinajstić information content (AvgIpc) is 2.30. The van der Waals surface area contributed by atoms with Gasteiger partial charge in [-0.1, -0.05) is 13.8 Å². The predicted molar refractivity (Wildman–Crippen MR) is 67.0 cm³/mol. The van der Waals surface area contributed by atoms with Gasteiger partial charge in [0.2, 0.25) is 5.91 Å². The van der Waals surface area contributed by atoms with Crippen molar-refractivity contribution in [1.29, 1.82) is 0 Å². The first kappa shape index (κ1) is 13.5. The molecule has 94 valence electrons. The van der Waals surface area contributed by atoms with E-state index in [0.717, 1.165) is 38.0 Å². The largest absolute Gasteiger partial charge is 0.353 e. The van der Waals surface area contributed by atoms with Crippen LogP contribution in [-0.2, 0) is 4.79 Å². The maximum atomic E-state index is 12.2. The SMILES string of the molecule is CCC(C)NC(=O)C1(CN)CCC(C)CC1. The van der Waals surface area contributed by atoms with Gasteiger partial charge < -0.3 is 11.1 Å². The third kappa shape index (κ3) is 2.97. The molecule has 0 bridgehead atoms. The molecule has 0 aromatic carbocycles. The highest BCUT2D eigenvalue weighted by Crippen LogP contribution is 2.38. The standard InChI is InChI=1S/C13H26N2O/c1-4-11(3)15-12(16)13(9-14)7-5-10(2)6-8-13/h10-11H,4-9,14H2,1-3H3,(H,15,16). The topological polar surface area (TPSA) is 55.1 Å². The van der Waals surface area contributed by atoms with Crippen molar-refractivity contribution in [2.24, 2.45) is 17.1 Å². The average molecular weight is 226 g/mol. The number of hydrogen-bond donors (Lipinski definition) is 2. The van der Waals surface area contributed by atoms with E-state index in [1.807, 2.05) is 6.92 Å². The van der Waals surface area contributed by atoms with Crippen molar-refractivity contribution in [3.05, 3.63) is 0 Å². The van der Waals surface area contributed by atoms with Crippen LogP contribution < -0.4 is 11.1 Å². The first-order valence-corrected chi connectivity index (χ1v) is 6.55. The number of amides is 1. The first-order chi connectivity index (χ1) is 7.54. The molecule has 1 amide bonds. The van der Waals surface area contributed by atoms with Gasteiger partial charge in [-0.05, 0) is 44.9 Å². The lowest BCUT2D eigenvalue weighted by atomic mass is 9.70. The minimum absolute atomic E-state index is 0.177. The van der Waals surface area contributed by atoms with Crippen molar-refractivity contribution in [1.82, 2.24) is 5.32 Å². The Bertz CT molecular complexity index is 232. The molecule has 3 nitrogen and oxygen atoms in total. The van der Waals surface area contributed by atoms with Crippen LogP contribution in [0.25, 0.3) is 0 Å². The molecule has 3 N–H and O–H groups in total. The van der Waals surface area contributed by atoms with Crippen molar-refractivity contribution in [3.63, 3.8) is 0 Å². The second-order valence-corrected chi connectivity index (χ2v) is 5.45. The van der Waals surface area contributed by atoms with Crippen molar-refractivity contribution < 1.29 is 4.79 Å². The van der Waals surface area contributed by atoms with Gasteiger partial charge >= 0.3 is 0 Å². The van der Waals surface area contributed by atoms with Crippen LogP contribution in [0, 0.1) is 11.3 Å². The molecular weight excluding hydrogens is 200 g/mol. The van der Waals surface area contributed by atoms with Gasteiger partial charge in [0.25, 0.3) is 0 Å². The van der Waals surface area contributed by atoms with Gasteiger partial charge in [-0.25, -0.2) is 0 Å². The summed E-state index contributed by atoms with van der Waals surface area (Å²) >= 11 is 0. The summed E-state index contributed by atoms with van der Waals surface area (Å²) in [5, 5.41) is 3.09. The quantitative estimate of drug-likeness (QED) is 0.771. The third-order valence-corrected chi connectivity index (χ3v) is 4.09. The molecule has 0 radical (unpaired) electrons. The zero-order valence-electron chi connectivity index (χ0n) is 10.9. The Kier molecular flexibility index (Phi) is 4.78. The number of carbonyl (C=O) groups is 1. The molecule has 1 fully saturated rings. The fourth-order valence-corrected chi connectivity index (χ4v) is 2.32. The maximum absolute atomic E-state index is 12.2. The number of nitrogens with two attached hydrogens (primary N) is 1. The Morgan fingerprint density at radius 1 is 1.50 bits per heavy atom. The summed E-state index contributed by atoms with van der Waals surface area (Å²) in [5.74, 6) is 0.923. The molecule has 0 aromatic heterocycles. The Labute approximate surface area is 99.2 Å². The molecule has 3 heteroatoms. The van der Waals surface area contributed by atoms with Crippen LogP contribution in [0.4, 0.5) is 0 Å². The molecule has 1 aliphatic carbocycles. The van der Waals surface area contributed by atoms with Gasteiger partial charge in [-0.2, -0.15) is 0 Å². The number of nitrogens with one attached hydrogen (secondary N) is 1. The van der Waals surface area contributed by atoms with E-state index >= 15 is 0 Å².